The second-order valence-electron chi connectivity index (χ2n) is 11.9. The lowest BCUT2D eigenvalue weighted by molar-refractivity contribution is -0.120. The van der Waals surface area contributed by atoms with Crippen LogP contribution in [0.25, 0.3) is 0 Å². The van der Waals surface area contributed by atoms with Gasteiger partial charge in [0.2, 0.25) is 0 Å². The molecule has 5 nitrogen and oxygen atoms in total. The zero-order valence-electron chi connectivity index (χ0n) is 22.1. The molecule has 194 valence electrons. The SMILES string of the molecule is COc1ccc(C2C3=C(CC(C)(C)CC3=O)OC3=C2C(=O)CC(C)(C)C3)cc1COc1ccccc1F. The van der Waals surface area contributed by atoms with E-state index in [1.807, 2.05) is 18.2 Å². The lowest BCUT2D eigenvalue weighted by Gasteiger charge is -2.42. The standard InChI is InChI=1S/C31H33FO5/c1-30(2)13-21(33)28-25(15-30)37-26-16-31(3,4)14-22(34)29(26)27(28)18-10-11-23(35-5)19(12-18)17-36-24-9-7-6-8-20(24)32/h6-12,27H,13-17H2,1-5H3. The quantitative estimate of drug-likeness (QED) is 0.447. The monoisotopic (exact) mass is 504 g/mol. The van der Waals surface area contributed by atoms with E-state index in [0.717, 1.165) is 5.56 Å². The Morgan fingerprint density at radius 1 is 0.865 bits per heavy atom. The highest BCUT2D eigenvalue weighted by molar-refractivity contribution is 6.06. The average Bonchev–Trinajstić information content (AvgIpc) is 2.80. The van der Waals surface area contributed by atoms with Gasteiger partial charge < -0.3 is 14.2 Å². The van der Waals surface area contributed by atoms with Gasteiger partial charge in [0.15, 0.2) is 23.1 Å². The maximum absolute atomic E-state index is 14.2. The van der Waals surface area contributed by atoms with Gasteiger partial charge in [0.05, 0.1) is 7.11 Å². The fourth-order valence-electron chi connectivity index (χ4n) is 5.82. The number of carbonyl (C=O) groups is 2. The lowest BCUT2D eigenvalue weighted by Crippen LogP contribution is -2.37. The van der Waals surface area contributed by atoms with Crippen LogP contribution in [0.3, 0.4) is 0 Å². The predicted molar refractivity (Wildman–Crippen MR) is 138 cm³/mol. The fourth-order valence-corrected chi connectivity index (χ4v) is 5.82. The number of Topliss-reactive ketones (excluding diaryl/α,β-unsaturated/α-hetero) is 2. The van der Waals surface area contributed by atoms with Gasteiger partial charge in [-0.05, 0) is 40.7 Å². The highest BCUT2D eigenvalue weighted by atomic mass is 19.1. The van der Waals surface area contributed by atoms with Crippen LogP contribution in [0.4, 0.5) is 4.39 Å². The molecule has 3 aliphatic rings. The Balaban J connectivity index is 1.60. The number of methoxy groups -OCH3 is 1. The number of para-hydroxylation sites is 1. The molecular formula is C31H33FO5. The summed E-state index contributed by atoms with van der Waals surface area (Å²) >= 11 is 0. The van der Waals surface area contributed by atoms with Crippen molar-refractivity contribution in [3.63, 3.8) is 0 Å². The summed E-state index contributed by atoms with van der Waals surface area (Å²) in [5, 5.41) is 0. The third-order valence-corrected chi connectivity index (χ3v) is 7.44. The number of allylic oxidation sites excluding steroid dienone is 4. The molecule has 2 aliphatic carbocycles. The number of carbonyl (C=O) groups excluding carboxylic acids is 2. The van der Waals surface area contributed by atoms with E-state index in [1.54, 1.807) is 25.3 Å². The Hall–Kier alpha value is -3.41. The van der Waals surface area contributed by atoms with E-state index in [4.69, 9.17) is 14.2 Å². The van der Waals surface area contributed by atoms with Crippen LogP contribution in [0.2, 0.25) is 0 Å². The molecule has 0 bridgehead atoms. The van der Waals surface area contributed by atoms with E-state index >= 15 is 0 Å². The van der Waals surface area contributed by atoms with Gasteiger partial charge in [-0.2, -0.15) is 0 Å². The topological polar surface area (TPSA) is 61.8 Å². The molecular weight excluding hydrogens is 471 g/mol. The van der Waals surface area contributed by atoms with E-state index in [1.165, 1.54) is 6.07 Å². The van der Waals surface area contributed by atoms with Crippen LogP contribution in [-0.4, -0.2) is 18.7 Å². The molecule has 0 aromatic heterocycles. The number of ether oxygens (including phenoxy) is 3. The molecule has 2 aromatic carbocycles. The van der Waals surface area contributed by atoms with Gasteiger partial charge in [-0.25, -0.2) is 4.39 Å². The van der Waals surface area contributed by atoms with Gasteiger partial charge in [-0.1, -0.05) is 45.9 Å². The maximum atomic E-state index is 14.2. The highest BCUT2D eigenvalue weighted by Crippen LogP contribution is 2.53. The third kappa shape index (κ3) is 4.81. The van der Waals surface area contributed by atoms with Gasteiger partial charge in [-0.3, -0.25) is 9.59 Å². The molecule has 1 aliphatic heterocycles. The molecule has 1 heterocycles. The van der Waals surface area contributed by atoms with Crippen molar-refractivity contribution in [2.24, 2.45) is 10.8 Å². The van der Waals surface area contributed by atoms with Crippen LogP contribution < -0.4 is 9.47 Å². The predicted octanol–water partition coefficient (Wildman–Crippen LogP) is 6.81. The van der Waals surface area contributed by atoms with Crippen LogP contribution in [-0.2, 0) is 20.9 Å². The molecule has 2 aromatic rings. The summed E-state index contributed by atoms with van der Waals surface area (Å²) in [4.78, 5) is 27.1. The summed E-state index contributed by atoms with van der Waals surface area (Å²) in [6.45, 7) is 8.34. The summed E-state index contributed by atoms with van der Waals surface area (Å²) in [5.41, 5.74) is 2.23. The molecule has 5 rings (SSSR count). The van der Waals surface area contributed by atoms with Gasteiger partial charge >= 0.3 is 0 Å². The molecule has 37 heavy (non-hydrogen) atoms. The van der Waals surface area contributed by atoms with E-state index in [2.05, 4.69) is 27.7 Å². The second kappa shape index (κ2) is 9.16. The number of rotatable bonds is 5. The first-order valence-electron chi connectivity index (χ1n) is 12.7. The van der Waals surface area contributed by atoms with Gasteiger partial charge in [0.1, 0.15) is 23.9 Å². The van der Waals surface area contributed by atoms with E-state index < -0.39 is 11.7 Å². The van der Waals surface area contributed by atoms with Crippen LogP contribution in [0.1, 0.15) is 70.4 Å². The molecule has 0 amide bonds. The van der Waals surface area contributed by atoms with Crippen molar-refractivity contribution in [3.05, 3.63) is 82.1 Å². The van der Waals surface area contributed by atoms with Crippen LogP contribution in [0, 0.1) is 16.6 Å². The van der Waals surface area contributed by atoms with Gasteiger partial charge in [-0.15, -0.1) is 0 Å². The Bertz CT molecular complexity index is 1300. The van der Waals surface area contributed by atoms with Crippen molar-refractivity contribution >= 4 is 11.6 Å². The summed E-state index contributed by atoms with van der Waals surface area (Å²) in [7, 11) is 1.57. The number of benzene rings is 2. The zero-order valence-corrected chi connectivity index (χ0v) is 22.1. The number of hydrogen-bond acceptors (Lipinski definition) is 5. The van der Waals surface area contributed by atoms with E-state index in [0.29, 0.717) is 59.7 Å². The minimum atomic E-state index is -0.510. The molecule has 0 spiro atoms. The molecule has 0 saturated heterocycles. The molecule has 0 N–H and O–H groups in total. The first-order chi connectivity index (χ1) is 17.5. The van der Waals surface area contributed by atoms with Crippen LogP contribution in [0.5, 0.6) is 11.5 Å². The first kappa shape index (κ1) is 25.2. The van der Waals surface area contributed by atoms with Gasteiger partial charge in [0, 0.05) is 48.3 Å². The van der Waals surface area contributed by atoms with Crippen molar-refractivity contribution in [1.82, 2.24) is 0 Å². The highest BCUT2D eigenvalue weighted by Gasteiger charge is 2.47. The first-order valence-corrected chi connectivity index (χ1v) is 12.7. The minimum absolute atomic E-state index is 0.0143. The summed E-state index contributed by atoms with van der Waals surface area (Å²) < 4.78 is 31.9. The largest absolute Gasteiger partial charge is 0.496 e. The minimum Gasteiger partial charge on any atom is -0.496 e. The van der Waals surface area contributed by atoms with Crippen molar-refractivity contribution in [2.75, 3.05) is 7.11 Å². The molecule has 0 unspecified atom stereocenters. The van der Waals surface area contributed by atoms with Crippen molar-refractivity contribution in [3.8, 4) is 11.5 Å². The van der Waals surface area contributed by atoms with Crippen molar-refractivity contribution < 1.29 is 28.2 Å². The zero-order chi connectivity index (χ0) is 26.5. The molecule has 0 saturated carbocycles. The Labute approximate surface area is 217 Å². The van der Waals surface area contributed by atoms with Crippen molar-refractivity contribution in [1.29, 1.82) is 0 Å². The van der Waals surface area contributed by atoms with Crippen LogP contribution >= 0.6 is 0 Å². The second-order valence-corrected chi connectivity index (χ2v) is 11.9. The van der Waals surface area contributed by atoms with Gasteiger partial charge in [0.25, 0.3) is 0 Å². The maximum Gasteiger partial charge on any atom is 0.165 e. The van der Waals surface area contributed by atoms with Crippen LogP contribution in [0.15, 0.2) is 65.1 Å². The Kier molecular flexibility index (Phi) is 6.25. The smallest absolute Gasteiger partial charge is 0.165 e. The number of ketones is 2. The molecule has 6 heteroatoms. The molecule has 0 fully saturated rings. The fraction of sp³-hybridized carbons (Fsp3) is 0.419. The summed E-state index contributed by atoms with van der Waals surface area (Å²) in [6, 6.07) is 11.9. The third-order valence-electron chi connectivity index (χ3n) is 7.44. The van der Waals surface area contributed by atoms with E-state index in [9.17, 15) is 14.0 Å². The number of hydrogen-bond donors (Lipinski definition) is 0. The Morgan fingerprint density at radius 3 is 2.03 bits per heavy atom. The van der Waals surface area contributed by atoms with E-state index in [-0.39, 0.29) is 34.8 Å². The Morgan fingerprint density at radius 2 is 1.46 bits per heavy atom. The summed E-state index contributed by atoms with van der Waals surface area (Å²) in [6.07, 6.45) is 2.06. The van der Waals surface area contributed by atoms with Crippen molar-refractivity contribution in [2.45, 2.75) is 65.9 Å². The summed E-state index contributed by atoms with van der Waals surface area (Å²) in [5.74, 6) is 1.15. The molecule has 0 atom stereocenters. The number of halogens is 1. The average molecular weight is 505 g/mol. The normalized spacial score (nSPS) is 20.8. The lowest BCUT2D eigenvalue weighted by atomic mass is 9.65. The molecule has 0 radical (unpaired) electrons.